The maximum Gasteiger partial charge on any atom is 0.250 e. The van der Waals surface area contributed by atoms with Gasteiger partial charge in [0, 0.05) is 30.0 Å². The van der Waals surface area contributed by atoms with Crippen LogP contribution in [0.1, 0.15) is 24.1 Å². The largest absolute Gasteiger partial charge is 0.396 e. The average molecular weight is 318 g/mol. The van der Waals surface area contributed by atoms with E-state index in [-0.39, 0.29) is 12.1 Å². The van der Waals surface area contributed by atoms with Crippen molar-refractivity contribution in [2.75, 3.05) is 27.2 Å². The van der Waals surface area contributed by atoms with E-state index in [0.29, 0.717) is 17.2 Å². The molecule has 5 nitrogen and oxygen atoms in total. The molecule has 7 heteroatoms. The molecule has 0 amide bonds. The molecule has 1 aliphatic rings. The Balaban J connectivity index is 2.03. The van der Waals surface area contributed by atoms with Crippen LogP contribution in [0, 0.1) is 0 Å². The molecule has 1 fully saturated rings. The summed E-state index contributed by atoms with van der Waals surface area (Å²) < 4.78 is 27.6. The number of rotatable bonds is 7. The molecule has 0 saturated heterocycles. The molecule has 1 saturated carbocycles. The van der Waals surface area contributed by atoms with Crippen LogP contribution in [-0.4, -0.2) is 51.2 Å². The molecule has 0 unspecified atom stereocenters. The molecule has 0 atom stereocenters. The second kappa shape index (κ2) is 6.11. The zero-order chi connectivity index (χ0) is 14.8. The fourth-order valence-electron chi connectivity index (χ4n) is 2.41. The Morgan fingerprint density at radius 2 is 2.10 bits per heavy atom. The number of hydrogen-bond donors (Lipinski definition) is 2. The lowest BCUT2D eigenvalue weighted by Crippen LogP contribution is -2.57. The van der Waals surface area contributed by atoms with E-state index in [9.17, 15) is 8.42 Å². The van der Waals surface area contributed by atoms with E-state index in [1.54, 1.807) is 12.1 Å². The van der Waals surface area contributed by atoms with Gasteiger partial charge in [0.1, 0.15) is 4.21 Å². The number of thiophene rings is 1. The lowest BCUT2D eigenvalue weighted by molar-refractivity contribution is 0.0657. The topological polar surface area (TPSA) is 69.6 Å². The van der Waals surface area contributed by atoms with Crippen LogP contribution in [0.5, 0.6) is 0 Å². The van der Waals surface area contributed by atoms with E-state index in [2.05, 4.69) is 9.62 Å². The van der Waals surface area contributed by atoms with Gasteiger partial charge in [-0.25, -0.2) is 13.1 Å². The summed E-state index contributed by atoms with van der Waals surface area (Å²) >= 11 is 1.22. The highest BCUT2D eigenvalue weighted by molar-refractivity contribution is 7.91. The number of aliphatic hydroxyl groups is 1. The number of hydrogen-bond acceptors (Lipinski definition) is 5. The van der Waals surface area contributed by atoms with Gasteiger partial charge in [0.25, 0.3) is 0 Å². The van der Waals surface area contributed by atoms with Gasteiger partial charge in [-0.1, -0.05) is 0 Å². The zero-order valence-electron chi connectivity index (χ0n) is 11.9. The van der Waals surface area contributed by atoms with Gasteiger partial charge >= 0.3 is 0 Å². The summed E-state index contributed by atoms with van der Waals surface area (Å²) in [5.41, 5.74) is -0.0295. The van der Waals surface area contributed by atoms with Crippen LogP contribution in [0.3, 0.4) is 0 Å². The fraction of sp³-hybridized carbons (Fsp3) is 0.692. The number of sulfonamides is 1. The summed E-state index contributed by atoms with van der Waals surface area (Å²) in [5, 5.41) is 8.88. The predicted molar refractivity (Wildman–Crippen MR) is 80.6 cm³/mol. The zero-order valence-corrected chi connectivity index (χ0v) is 13.6. The molecule has 0 spiro atoms. The minimum Gasteiger partial charge on any atom is -0.396 e. The van der Waals surface area contributed by atoms with Gasteiger partial charge in [-0.2, -0.15) is 0 Å². The summed E-state index contributed by atoms with van der Waals surface area (Å²) in [6, 6.07) is 3.38. The first-order valence-electron chi connectivity index (χ1n) is 6.76. The van der Waals surface area contributed by atoms with Crippen LogP contribution < -0.4 is 4.72 Å². The van der Waals surface area contributed by atoms with Crippen molar-refractivity contribution < 1.29 is 13.5 Å². The summed E-state index contributed by atoms with van der Waals surface area (Å²) in [4.78, 5) is 3.00. The van der Waals surface area contributed by atoms with Gasteiger partial charge in [0.15, 0.2) is 0 Å². The summed E-state index contributed by atoms with van der Waals surface area (Å²) in [5.74, 6) is 0. The predicted octanol–water partition coefficient (Wildman–Crippen LogP) is 1.05. The van der Waals surface area contributed by atoms with Crippen LogP contribution in [0.25, 0.3) is 0 Å². The molecule has 1 aromatic heterocycles. The molecule has 114 valence electrons. The Bertz CT molecular complexity index is 548. The third-order valence-electron chi connectivity index (χ3n) is 4.08. The molecule has 20 heavy (non-hydrogen) atoms. The lowest BCUT2D eigenvalue weighted by atomic mass is 9.76. The minimum absolute atomic E-state index is 0.0295. The van der Waals surface area contributed by atoms with Crippen molar-refractivity contribution in [2.24, 2.45) is 0 Å². The first-order valence-corrected chi connectivity index (χ1v) is 9.06. The highest BCUT2D eigenvalue weighted by atomic mass is 32.2. The highest BCUT2D eigenvalue weighted by Crippen LogP contribution is 2.35. The molecule has 1 aliphatic carbocycles. The fourth-order valence-corrected chi connectivity index (χ4v) is 4.92. The lowest BCUT2D eigenvalue weighted by Gasteiger charge is -2.47. The van der Waals surface area contributed by atoms with Crippen molar-refractivity contribution in [1.29, 1.82) is 0 Å². The van der Waals surface area contributed by atoms with Gasteiger partial charge in [-0.15, -0.1) is 11.3 Å². The maximum atomic E-state index is 12.3. The second-order valence-electron chi connectivity index (χ2n) is 5.49. The van der Waals surface area contributed by atoms with Crippen LogP contribution >= 0.6 is 11.3 Å². The molecule has 1 heterocycles. The third kappa shape index (κ3) is 3.23. The quantitative estimate of drug-likeness (QED) is 0.788. The minimum atomic E-state index is -3.44. The molecule has 2 rings (SSSR count). The molecular formula is C13H22N2O3S2. The van der Waals surface area contributed by atoms with E-state index in [1.165, 1.54) is 11.3 Å². The van der Waals surface area contributed by atoms with Crippen molar-refractivity contribution in [2.45, 2.75) is 35.4 Å². The van der Waals surface area contributed by atoms with Crippen molar-refractivity contribution >= 4 is 21.4 Å². The van der Waals surface area contributed by atoms with Crippen LogP contribution in [0.2, 0.25) is 0 Å². The third-order valence-corrected chi connectivity index (χ3v) is 7.12. The standard InChI is InChI=1S/C13H22N2O3S2/c1-15(2)13(7-3-8-13)10-14-20(17,18)12-5-4-11(19-12)6-9-16/h4-5,14,16H,3,6-10H2,1-2H3. The molecule has 0 aliphatic heterocycles. The first-order chi connectivity index (χ1) is 9.39. The molecule has 1 aromatic rings. The first kappa shape index (κ1) is 15.9. The van der Waals surface area contributed by atoms with Gasteiger partial charge in [0.05, 0.1) is 0 Å². The van der Waals surface area contributed by atoms with E-state index < -0.39 is 10.0 Å². The summed E-state index contributed by atoms with van der Waals surface area (Å²) in [7, 11) is 0.555. The number of nitrogens with one attached hydrogen (secondary N) is 1. The van der Waals surface area contributed by atoms with Crippen molar-refractivity contribution in [1.82, 2.24) is 9.62 Å². The number of aliphatic hydroxyl groups excluding tert-OH is 1. The Kier molecular flexibility index (Phi) is 4.86. The van der Waals surface area contributed by atoms with Gasteiger partial charge in [-0.3, -0.25) is 0 Å². The molecule has 0 radical (unpaired) electrons. The maximum absolute atomic E-state index is 12.3. The van der Waals surface area contributed by atoms with E-state index in [4.69, 9.17) is 5.11 Å². The summed E-state index contributed by atoms with van der Waals surface area (Å²) in [6.45, 7) is 0.493. The SMILES string of the molecule is CN(C)C1(CNS(=O)(=O)c2ccc(CCO)s2)CCC1. The molecule has 0 bridgehead atoms. The van der Waals surface area contributed by atoms with E-state index >= 15 is 0 Å². The van der Waals surface area contributed by atoms with Crippen molar-refractivity contribution in [3.63, 3.8) is 0 Å². The summed E-state index contributed by atoms with van der Waals surface area (Å²) in [6.07, 6.45) is 3.72. The normalized spacial score (nSPS) is 18.2. The van der Waals surface area contributed by atoms with Crippen LogP contribution in [-0.2, 0) is 16.4 Å². The van der Waals surface area contributed by atoms with Gasteiger partial charge in [-0.05, 0) is 45.5 Å². The molecular weight excluding hydrogens is 296 g/mol. The average Bonchev–Trinajstić information content (AvgIpc) is 2.76. The molecule has 2 N–H and O–H groups in total. The van der Waals surface area contributed by atoms with Crippen molar-refractivity contribution in [3.05, 3.63) is 17.0 Å². The van der Waals surface area contributed by atoms with Crippen LogP contribution in [0.4, 0.5) is 0 Å². The monoisotopic (exact) mass is 318 g/mol. The smallest absolute Gasteiger partial charge is 0.250 e. The Labute approximate surface area is 124 Å². The van der Waals surface area contributed by atoms with Gasteiger partial charge < -0.3 is 10.0 Å². The highest BCUT2D eigenvalue weighted by Gasteiger charge is 2.39. The Morgan fingerprint density at radius 3 is 2.60 bits per heavy atom. The number of likely N-dealkylation sites (N-methyl/N-ethyl adjacent to an activating group) is 1. The van der Waals surface area contributed by atoms with E-state index in [1.807, 2.05) is 14.1 Å². The van der Waals surface area contributed by atoms with Crippen molar-refractivity contribution in [3.8, 4) is 0 Å². The Hall–Kier alpha value is -0.470. The Morgan fingerprint density at radius 1 is 1.40 bits per heavy atom. The molecule has 0 aromatic carbocycles. The van der Waals surface area contributed by atoms with Crippen LogP contribution in [0.15, 0.2) is 16.3 Å². The van der Waals surface area contributed by atoms with Gasteiger partial charge in [0.2, 0.25) is 10.0 Å². The second-order valence-corrected chi connectivity index (χ2v) is 8.65. The number of nitrogens with zero attached hydrogens (tertiary/aromatic N) is 1. The van der Waals surface area contributed by atoms with E-state index in [0.717, 1.165) is 24.1 Å².